The van der Waals surface area contributed by atoms with Gasteiger partial charge < -0.3 is 19.7 Å². The van der Waals surface area contributed by atoms with Crippen LogP contribution in [-0.2, 0) is 20.9 Å². The second-order valence-corrected chi connectivity index (χ2v) is 6.28. The van der Waals surface area contributed by atoms with E-state index in [1.807, 2.05) is 26.0 Å². The highest BCUT2D eigenvalue weighted by atomic mass is 16.5. The van der Waals surface area contributed by atoms with Crippen LogP contribution in [0.3, 0.4) is 0 Å². The number of nitrogens with zero attached hydrogens (tertiary/aromatic N) is 3. The molecule has 2 amide bonds. The van der Waals surface area contributed by atoms with Gasteiger partial charge in [-0.1, -0.05) is 0 Å². The maximum atomic E-state index is 12.3. The molecule has 28 heavy (non-hydrogen) atoms. The van der Waals surface area contributed by atoms with Gasteiger partial charge in [-0.2, -0.15) is 4.99 Å². The number of amides is 2. The van der Waals surface area contributed by atoms with E-state index in [0.29, 0.717) is 31.5 Å². The van der Waals surface area contributed by atoms with Crippen LogP contribution >= 0.6 is 0 Å². The summed E-state index contributed by atoms with van der Waals surface area (Å²) in [6, 6.07) is 3.81. The van der Waals surface area contributed by atoms with Crippen molar-refractivity contribution in [2.24, 2.45) is 4.99 Å². The quantitative estimate of drug-likeness (QED) is 0.487. The smallest absolute Gasteiger partial charge is 0.303 e. The third-order valence-corrected chi connectivity index (χ3v) is 4.34. The molecule has 0 saturated carbocycles. The normalized spacial score (nSPS) is 11.6. The van der Waals surface area contributed by atoms with Crippen LogP contribution in [0.5, 0.6) is 0 Å². The third-order valence-electron chi connectivity index (χ3n) is 4.34. The van der Waals surface area contributed by atoms with Crippen LogP contribution in [0.25, 0.3) is 11.0 Å². The number of hydrogen-bond acceptors (Lipinski definition) is 5. The summed E-state index contributed by atoms with van der Waals surface area (Å²) in [6.07, 6.45) is 0.821. The molecule has 9 nitrogen and oxygen atoms in total. The van der Waals surface area contributed by atoms with E-state index in [4.69, 9.17) is 9.84 Å². The Morgan fingerprint density at radius 1 is 1.29 bits per heavy atom. The Kier molecular flexibility index (Phi) is 7.39. The maximum absolute atomic E-state index is 12.3. The lowest BCUT2D eigenvalue weighted by molar-refractivity contribution is -0.137. The minimum atomic E-state index is -0.869. The van der Waals surface area contributed by atoms with E-state index in [2.05, 4.69) is 15.3 Å². The van der Waals surface area contributed by atoms with Gasteiger partial charge in [0.15, 0.2) is 11.2 Å². The van der Waals surface area contributed by atoms with Crippen LogP contribution in [0.15, 0.2) is 17.1 Å². The summed E-state index contributed by atoms with van der Waals surface area (Å²) >= 11 is 0. The summed E-state index contributed by atoms with van der Waals surface area (Å²) in [5, 5.41) is 11.2. The fourth-order valence-electron chi connectivity index (χ4n) is 2.77. The molecule has 2 rings (SSSR count). The fraction of sp³-hybridized carbons (Fsp3) is 0.421. The molecule has 0 atom stereocenters. The number of rotatable bonds is 9. The van der Waals surface area contributed by atoms with Crippen molar-refractivity contribution in [3.05, 3.63) is 34.4 Å². The molecule has 0 saturated heterocycles. The number of fused-ring (bicyclic) bond motifs is 1. The van der Waals surface area contributed by atoms with Gasteiger partial charge in [-0.05, 0) is 43.5 Å². The number of aromatic nitrogens is 2. The molecule has 0 fully saturated rings. The van der Waals surface area contributed by atoms with Crippen molar-refractivity contribution in [3.8, 4) is 0 Å². The Morgan fingerprint density at radius 2 is 2.00 bits per heavy atom. The van der Waals surface area contributed by atoms with Crippen LogP contribution in [-0.4, -0.2) is 53.2 Å². The molecule has 0 aliphatic rings. The fourth-order valence-corrected chi connectivity index (χ4v) is 2.77. The van der Waals surface area contributed by atoms with E-state index in [0.717, 1.165) is 16.6 Å². The minimum Gasteiger partial charge on any atom is -0.481 e. The predicted molar refractivity (Wildman–Crippen MR) is 102 cm³/mol. The van der Waals surface area contributed by atoms with Crippen LogP contribution in [0.2, 0.25) is 0 Å². The van der Waals surface area contributed by atoms with Gasteiger partial charge in [-0.25, -0.2) is 4.98 Å². The molecule has 0 spiro atoms. The van der Waals surface area contributed by atoms with Gasteiger partial charge >= 0.3 is 5.97 Å². The zero-order chi connectivity index (χ0) is 20.7. The predicted octanol–water partition coefficient (Wildman–Crippen LogP) is 0.951. The molecule has 2 aromatic rings. The van der Waals surface area contributed by atoms with E-state index in [1.165, 1.54) is 7.05 Å². The van der Waals surface area contributed by atoms with Gasteiger partial charge in [0.1, 0.15) is 0 Å². The molecule has 150 valence electrons. The van der Waals surface area contributed by atoms with Gasteiger partial charge in [0, 0.05) is 26.6 Å². The van der Waals surface area contributed by atoms with Gasteiger partial charge in [-0.3, -0.25) is 14.4 Å². The number of carboxylic acid groups (broad SMARTS) is 1. The van der Waals surface area contributed by atoms with Crippen LogP contribution in [0.1, 0.15) is 34.5 Å². The number of carbonyl (C=O) groups is 3. The Hall–Kier alpha value is -3.07. The second-order valence-electron chi connectivity index (χ2n) is 6.28. The number of carboxylic acids is 1. The maximum Gasteiger partial charge on any atom is 0.303 e. The second kappa shape index (κ2) is 9.75. The first-order valence-electron chi connectivity index (χ1n) is 8.90. The van der Waals surface area contributed by atoms with E-state index in [9.17, 15) is 14.4 Å². The first-order valence-corrected chi connectivity index (χ1v) is 8.90. The van der Waals surface area contributed by atoms with E-state index < -0.39 is 11.9 Å². The Balaban J connectivity index is 2.47. The van der Waals surface area contributed by atoms with E-state index in [1.54, 1.807) is 4.57 Å². The lowest BCUT2D eigenvalue weighted by Gasteiger charge is -2.15. The number of aliphatic carboxylic acids is 1. The molecule has 9 heteroatoms. The largest absolute Gasteiger partial charge is 0.481 e. The van der Waals surface area contributed by atoms with Crippen molar-refractivity contribution in [3.63, 3.8) is 0 Å². The summed E-state index contributed by atoms with van der Waals surface area (Å²) < 4.78 is 7.24. The lowest BCUT2D eigenvalue weighted by atomic mass is 10.1. The molecule has 0 bridgehead atoms. The zero-order valence-corrected chi connectivity index (χ0v) is 16.2. The summed E-state index contributed by atoms with van der Waals surface area (Å²) in [4.78, 5) is 42.2. The average Bonchev–Trinajstić information content (AvgIpc) is 2.66. The summed E-state index contributed by atoms with van der Waals surface area (Å²) in [6.45, 7) is 4.81. The third kappa shape index (κ3) is 5.01. The Labute approximate surface area is 162 Å². The van der Waals surface area contributed by atoms with Crippen molar-refractivity contribution >= 4 is 29.3 Å². The topological polar surface area (TPSA) is 123 Å². The average molecular weight is 388 g/mol. The van der Waals surface area contributed by atoms with Crippen LogP contribution < -0.4 is 10.8 Å². The number of benzene rings is 1. The zero-order valence-electron chi connectivity index (χ0n) is 16.2. The number of ether oxygens (including phenoxy) is 1. The molecule has 1 aromatic heterocycles. The van der Waals surface area contributed by atoms with E-state index >= 15 is 0 Å². The highest BCUT2D eigenvalue weighted by Gasteiger charge is 2.16. The van der Waals surface area contributed by atoms with Crippen LogP contribution in [0, 0.1) is 13.8 Å². The lowest BCUT2D eigenvalue weighted by Crippen LogP contribution is -2.35. The molecule has 0 aliphatic heterocycles. The first kappa shape index (κ1) is 21.2. The highest BCUT2D eigenvalue weighted by Crippen LogP contribution is 2.17. The van der Waals surface area contributed by atoms with Gasteiger partial charge in [-0.15, -0.1) is 0 Å². The molecular formula is C19H24N4O5. The monoisotopic (exact) mass is 388 g/mol. The Morgan fingerprint density at radius 3 is 2.64 bits per heavy atom. The Bertz CT molecular complexity index is 965. The molecule has 0 radical (unpaired) electrons. The van der Waals surface area contributed by atoms with Crippen molar-refractivity contribution in [1.29, 1.82) is 0 Å². The molecule has 1 heterocycles. The molecular weight excluding hydrogens is 364 g/mol. The minimum absolute atomic E-state index is 0.0380. The summed E-state index contributed by atoms with van der Waals surface area (Å²) in [5.41, 5.74) is 3.60. The number of carbonyl (C=O) groups excluding carboxylic acids is 2. The van der Waals surface area contributed by atoms with Crippen LogP contribution in [0.4, 0.5) is 0 Å². The SMILES string of the molecule is CNC(=O)c1nc2cc(C)c(C)cc2n(CCOCCCC(=O)O)c1=NC=O. The summed E-state index contributed by atoms with van der Waals surface area (Å²) in [5.74, 6) is -1.32. The first-order chi connectivity index (χ1) is 13.4. The van der Waals surface area contributed by atoms with Gasteiger partial charge in [0.2, 0.25) is 6.41 Å². The standard InChI is InChI=1S/C19H24N4O5/c1-12-9-14-15(10-13(12)2)23(6-8-28-7-4-5-16(25)26)18(21-11-24)17(22-14)19(27)20-3/h9-11H,4-8H2,1-3H3,(H,20,27)(H,25,26). The molecule has 1 aromatic carbocycles. The van der Waals surface area contributed by atoms with Crippen molar-refractivity contribution < 1.29 is 24.2 Å². The van der Waals surface area contributed by atoms with Gasteiger partial charge in [0.25, 0.3) is 5.91 Å². The van der Waals surface area contributed by atoms with Crippen molar-refractivity contribution in [2.45, 2.75) is 33.2 Å². The number of hydrogen-bond donors (Lipinski definition) is 2. The number of aryl methyl sites for hydroxylation is 2. The van der Waals surface area contributed by atoms with E-state index in [-0.39, 0.29) is 24.2 Å². The van der Waals surface area contributed by atoms with Gasteiger partial charge in [0.05, 0.1) is 17.6 Å². The highest BCUT2D eigenvalue weighted by molar-refractivity contribution is 5.93. The molecule has 0 aliphatic carbocycles. The molecule has 0 unspecified atom stereocenters. The summed E-state index contributed by atoms with van der Waals surface area (Å²) in [7, 11) is 1.48. The number of nitrogens with one attached hydrogen (secondary N) is 1. The molecule has 2 N–H and O–H groups in total. The van der Waals surface area contributed by atoms with Crippen molar-refractivity contribution in [1.82, 2.24) is 14.9 Å². The van der Waals surface area contributed by atoms with Crippen molar-refractivity contribution in [2.75, 3.05) is 20.3 Å².